The zero-order chi connectivity index (χ0) is 21.8. The van der Waals surface area contributed by atoms with E-state index in [1.165, 1.54) is 44.6 Å². The van der Waals surface area contributed by atoms with E-state index < -0.39 is 5.82 Å². The first-order chi connectivity index (χ1) is 15.0. The van der Waals surface area contributed by atoms with Gasteiger partial charge >= 0.3 is 5.97 Å². The summed E-state index contributed by atoms with van der Waals surface area (Å²) in [6.07, 6.45) is 15.9. The van der Waals surface area contributed by atoms with Gasteiger partial charge in [0.2, 0.25) is 0 Å². The molecule has 31 heavy (non-hydrogen) atoms. The zero-order valence-corrected chi connectivity index (χ0v) is 19.2. The number of carbonyl (C=O) groups excluding carboxylic acids is 1. The normalized spacial score (nSPS) is 33.4. The Balaban J connectivity index is 1.25. The molecule has 3 heteroatoms. The first kappa shape index (κ1) is 22.6. The summed E-state index contributed by atoms with van der Waals surface area (Å²) in [5.41, 5.74) is 0.903. The van der Waals surface area contributed by atoms with Gasteiger partial charge in [0.05, 0.1) is 5.92 Å². The quantitative estimate of drug-likeness (QED) is 0.267. The number of benzene rings is 1. The molecule has 4 atom stereocenters. The Kier molecular flexibility index (Phi) is 7.51. The van der Waals surface area contributed by atoms with Crippen LogP contribution in [-0.2, 0) is 11.2 Å². The van der Waals surface area contributed by atoms with Crippen LogP contribution in [0.1, 0.15) is 83.1 Å². The van der Waals surface area contributed by atoms with Crippen molar-refractivity contribution in [3.8, 4) is 5.75 Å². The van der Waals surface area contributed by atoms with Crippen molar-refractivity contribution in [1.29, 1.82) is 0 Å². The first-order valence-corrected chi connectivity index (χ1v) is 12.6. The first-order valence-electron chi connectivity index (χ1n) is 12.6. The van der Waals surface area contributed by atoms with E-state index in [-0.39, 0.29) is 17.6 Å². The van der Waals surface area contributed by atoms with Crippen molar-refractivity contribution in [2.24, 2.45) is 35.5 Å². The number of esters is 1. The van der Waals surface area contributed by atoms with E-state index in [0.29, 0.717) is 0 Å². The van der Waals surface area contributed by atoms with E-state index in [0.717, 1.165) is 73.7 Å². The maximum atomic E-state index is 14.4. The highest BCUT2D eigenvalue weighted by Crippen LogP contribution is 2.49. The molecule has 1 aromatic carbocycles. The van der Waals surface area contributed by atoms with Gasteiger partial charge in [-0.15, -0.1) is 6.58 Å². The summed E-state index contributed by atoms with van der Waals surface area (Å²) >= 11 is 0. The maximum absolute atomic E-state index is 14.4. The van der Waals surface area contributed by atoms with Crippen molar-refractivity contribution in [1.82, 2.24) is 0 Å². The Bertz CT molecular complexity index is 764. The lowest BCUT2D eigenvalue weighted by molar-refractivity contribution is -0.140. The van der Waals surface area contributed by atoms with Crippen LogP contribution in [0.15, 0.2) is 30.9 Å². The molecule has 0 N–H and O–H groups in total. The van der Waals surface area contributed by atoms with Crippen molar-refractivity contribution in [3.05, 3.63) is 42.2 Å². The van der Waals surface area contributed by atoms with Crippen LogP contribution in [-0.4, -0.2) is 5.97 Å². The third-order valence-corrected chi connectivity index (χ3v) is 8.53. The third kappa shape index (κ3) is 5.59. The van der Waals surface area contributed by atoms with Gasteiger partial charge in [-0.25, -0.2) is 4.39 Å². The fourth-order valence-electron chi connectivity index (χ4n) is 6.66. The topological polar surface area (TPSA) is 26.3 Å². The summed E-state index contributed by atoms with van der Waals surface area (Å²) in [5, 5.41) is 0. The highest BCUT2D eigenvalue weighted by Gasteiger charge is 2.39. The van der Waals surface area contributed by atoms with Crippen LogP contribution in [0.2, 0.25) is 0 Å². The van der Waals surface area contributed by atoms with Gasteiger partial charge in [-0.2, -0.15) is 0 Å². The summed E-state index contributed by atoms with van der Waals surface area (Å²) < 4.78 is 19.8. The molecule has 3 aliphatic carbocycles. The molecule has 0 heterocycles. The number of halogens is 1. The maximum Gasteiger partial charge on any atom is 0.314 e. The third-order valence-electron chi connectivity index (χ3n) is 8.53. The molecule has 0 bridgehead atoms. The standard InChI is InChI=1S/C28H39FO2/c1-3-4-5-20-7-15-27(26(29)17-20)31-28(30)22-11-9-21(10-12-22)24-14-13-23-16-19(2)6-8-25(23)18-24/h3,7,15,17,19,21-25H,1,4-6,8-14,16,18H2,2H3. The molecule has 0 aliphatic heterocycles. The summed E-state index contributed by atoms with van der Waals surface area (Å²) in [5.74, 6) is 3.77. The van der Waals surface area contributed by atoms with Crippen LogP contribution < -0.4 is 4.74 Å². The van der Waals surface area contributed by atoms with Gasteiger partial charge in [0.15, 0.2) is 11.6 Å². The summed E-state index contributed by atoms with van der Waals surface area (Å²) in [7, 11) is 0. The van der Waals surface area contributed by atoms with Gasteiger partial charge in [-0.1, -0.05) is 25.5 Å². The predicted octanol–water partition coefficient (Wildman–Crippen LogP) is 7.51. The van der Waals surface area contributed by atoms with Crippen LogP contribution in [0, 0.1) is 41.3 Å². The van der Waals surface area contributed by atoms with Gasteiger partial charge in [-0.05, 0) is 118 Å². The van der Waals surface area contributed by atoms with Crippen LogP contribution in [0.5, 0.6) is 5.75 Å². The number of ether oxygens (including phenoxy) is 1. The second kappa shape index (κ2) is 10.3. The fraction of sp³-hybridized carbons (Fsp3) is 0.679. The van der Waals surface area contributed by atoms with E-state index in [1.54, 1.807) is 6.07 Å². The Hall–Kier alpha value is -1.64. The SMILES string of the molecule is C=CCCc1ccc(OC(=O)C2CCC(C3CCC4CC(C)CCC4C3)CC2)c(F)c1. The molecule has 1 aromatic rings. The number of allylic oxidation sites excluding steroid dienone is 1. The molecule has 0 saturated heterocycles. The summed E-state index contributed by atoms with van der Waals surface area (Å²) in [4.78, 5) is 12.7. The van der Waals surface area contributed by atoms with Crippen molar-refractivity contribution in [3.63, 3.8) is 0 Å². The zero-order valence-electron chi connectivity index (χ0n) is 19.2. The predicted molar refractivity (Wildman–Crippen MR) is 123 cm³/mol. The average molecular weight is 427 g/mol. The summed E-state index contributed by atoms with van der Waals surface area (Å²) in [6.45, 7) is 6.12. The number of carbonyl (C=O) groups is 1. The largest absolute Gasteiger partial charge is 0.423 e. The van der Waals surface area contributed by atoms with E-state index in [9.17, 15) is 9.18 Å². The van der Waals surface area contributed by atoms with Crippen molar-refractivity contribution in [2.75, 3.05) is 0 Å². The van der Waals surface area contributed by atoms with E-state index in [2.05, 4.69) is 13.5 Å². The number of hydrogen-bond donors (Lipinski definition) is 0. The van der Waals surface area contributed by atoms with Crippen LogP contribution >= 0.6 is 0 Å². The summed E-state index contributed by atoms with van der Waals surface area (Å²) in [6, 6.07) is 4.92. The van der Waals surface area contributed by atoms with Crippen LogP contribution in [0.3, 0.4) is 0 Å². The Morgan fingerprint density at radius 2 is 1.65 bits per heavy atom. The van der Waals surface area contributed by atoms with Gasteiger partial charge in [0.25, 0.3) is 0 Å². The Morgan fingerprint density at radius 3 is 2.35 bits per heavy atom. The molecule has 0 spiro atoms. The minimum Gasteiger partial charge on any atom is -0.423 e. The van der Waals surface area contributed by atoms with E-state index >= 15 is 0 Å². The lowest BCUT2D eigenvalue weighted by Gasteiger charge is -2.44. The molecule has 170 valence electrons. The second-order valence-corrected chi connectivity index (χ2v) is 10.6. The number of fused-ring (bicyclic) bond motifs is 1. The van der Waals surface area contributed by atoms with Crippen molar-refractivity contribution < 1.29 is 13.9 Å². The van der Waals surface area contributed by atoms with E-state index in [4.69, 9.17) is 4.74 Å². The molecule has 4 unspecified atom stereocenters. The Labute approximate surface area is 187 Å². The molecule has 0 amide bonds. The fourth-order valence-corrected chi connectivity index (χ4v) is 6.66. The monoisotopic (exact) mass is 426 g/mol. The Morgan fingerprint density at radius 1 is 1.00 bits per heavy atom. The number of rotatable bonds is 6. The molecular formula is C28H39FO2. The molecule has 3 fully saturated rings. The highest BCUT2D eigenvalue weighted by molar-refractivity contribution is 5.75. The number of hydrogen-bond acceptors (Lipinski definition) is 2. The van der Waals surface area contributed by atoms with Gasteiger partial charge in [-0.3, -0.25) is 4.79 Å². The second-order valence-electron chi connectivity index (χ2n) is 10.6. The van der Waals surface area contributed by atoms with Crippen LogP contribution in [0.4, 0.5) is 4.39 Å². The molecule has 3 saturated carbocycles. The molecule has 2 nitrogen and oxygen atoms in total. The van der Waals surface area contributed by atoms with Crippen molar-refractivity contribution in [2.45, 2.75) is 84.0 Å². The number of aryl methyl sites for hydroxylation is 1. The van der Waals surface area contributed by atoms with Gasteiger partial charge < -0.3 is 4.74 Å². The average Bonchev–Trinajstić information content (AvgIpc) is 2.79. The highest BCUT2D eigenvalue weighted by atomic mass is 19.1. The smallest absolute Gasteiger partial charge is 0.314 e. The molecule has 4 rings (SSSR count). The molecule has 0 aromatic heterocycles. The van der Waals surface area contributed by atoms with Gasteiger partial charge in [0.1, 0.15) is 0 Å². The minimum absolute atomic E-state index is 0.0688. The molecule has 0 radical (unpaired) electrons. The van der Waals surface area contributed by atoms with Crippen molar-refractivity contribution >= 4 is 5.97 Å². The van der Waals surface area contributed by atoms with Crippen LogP contribution in [0.25, 0.3) is 0 Å². The molecular weight excluding hydrogens is 387 g/mol. The lowest BCUT2D eigenvalue weighted by Crippen LogP contribution is -2.35. The molecule has 3 aliphatic rings. The van der Waals surface area contributed by atoms with E-state index in [1.807, 2.05) is 12.1 Å². The lowest BCUT2D eigenvalue weighted by atomic mass is 9.61. The van der Waals surface area contributed by atoms with Gasteiger partial charge in [0, 0.05) is 0 Å². The minimum atomic E-state index is -0.442.